The summed E-state index contributed by atoms with van der Waals surface area (Å²) in [5.74, 6) is 0.504. The van der Waals surface area contributed by atoms with E-state index < -0.39 is 5.25 Å². The highest BCUT2D eigenvalue weighted by Gasteiger charge is 2.20. The third-order valence-electron chi connectivity index (χ3n) is 4.13. The topological polar surface area (TPSA) is 81.9 Å². The summed E-state index contributed by atoms with van der Waals surface area (Å²) in [7, 11) is 0. The molecule has 0 aliphatic carbocycles. The highest BCUT2D eigenvalue weighted by atomic mass is 32.2. The summed E-state index contributed by atoms with van der Waals surface area (Å²) >= 11 is 1.30. The molecule has 0 aliphatic heterocycles. The first-order valence-electron chi connectivity index (χ1n) is 9.19. The first kappa shape index (κ1) is 19.9. The van der Waals surface area contributed by atoms with E-state index in [-0.39, 0.29) is 5.91 Å². The normalized spacial score (nSPS) is 11.8. The molecule has 3 rings (SSSR count). The van der Waals surface area contributed by atoms with Crippen LogP contribution in [-0.4, -0.2) is 38.0 Å². The number of amides is 1. The van der Waals surface area contributed by atoms with Crippen molar-refractivity contribution in [3.8, 4) is 11.4 Å². The maximum Gasteiger partial charge on any atom is 0.237 e. The SMILES string of the molecule is CCOc1ccccc1NC(=O)[C@@H](C)Sc1nnnn1-c1ccc(CC)cc1. The van der Waals surface area contributed by atoms with Crippen LogP contribution in [0.5, 0.6) is 5.75 Å². The number of hydrogen-bond acceptors (Lipinski definition) is 6. The van der Waals surface area contributed by atoms with Gasteiger partial charge in [-0.05, 0) is 60.5 Å². The molecule has 0 radical (unpaired) electrons. The zero-order valence-electron chi connectivity index (χ0n) is 16.1. The zero-order valence-corrected chi connectivity index (χ0v) is 16.9. The predicted molar refractivity (Wildman–Crippen MR) is 110 cm³/mol. The minimum atomic E-state index is -0.394. The van der Waals surface area contributed by atoms with Gasteiger partial charge in [0.15, 0.2) is 0 Å². The fourth-order valence-corrected chi connectivity index (χ4v) is 3.39. The molecule has 0 saturated heterocycles. The molecule has 1 atom stereocenters. The number of aromatic nitrogens is 4. The molecule has 1 aromatic heterocycles. The number of hydrogen-bond donors (Lipinski definition) is 1. The number of benzene rings is 2. The Hall–Kier alpha value is -2.87. The average Bonchev–Trinajstić information content (AvgIpc) is 3.17. The Kier molecular flexibility index (Phi) is 6.65. The molecule has 2 aromatic carbocycles. The van der Waals surface area contributed by atoms with Crippen LogP contribution < -0.4 is 10.1 Å². The van der Waals surface area contributed by atoms with Gasteiger partial charge >= 0.3 is 0 Å². The molecular formula is C20H23N5O2S. The molecule has 28 heavy (non-hydrogen) atoms. The van der Waals surface area contributed by atoms with Crippen LogP contribution in [-0.2, 0) is 11.2 Å². The van der Waals surface area contributed by atoms with Crippen LogP contribution in [0.15, 0.2) is 53.7 Å². The lowest BCUT2D eigenvalue weighted by molar-refractivity contribution is -0.115. The second-order valence-electron chi connectivity index (χ2n) is 6.07. The van der Waals surface area contributed by atoms with E-state index in [9.17, 15) is 4.79 Å². The van der Waals surface area contributed by atoms with Crippen LogP contribution >= 0.6 is 11.8 Å². The van der Waals surface area contributed by atoms with Gasteiger partial charge in [-0.1, -0.05) is 43.0 Å². The van der Waals surface area contributed by atoms with Gasteiger partial charge in [-0.3, -0.25) is 4.79 Å². The lowest BCUT2D eigenvalue weighted by Crippen LogP contribution is -2.23. The number of aryl methyl sites for hydroxylation is 1. The van der Waals surface area contributed by atoms with Crippen LogP contribution in [0.2, 0.25) is 0 Å². The van der Waals surface area contributed by atoms with Crippen molar-refractivity contribution in [2.45, 2.75) is 37.6 Å². The van der Waals surface area contributed by atoms with Crippen molar-refractivity contribution in [2.75, 3.05) is 11.9 Å². The van der Waals surface area contributed by atoms with Gasteiger partial charge in [0.25, 0.3) is 0 Å². The molecule has 8 heteroatoms. The Bertz CT molecular complexity index is 926. The fourth-order valence-electron chi connectivity index (χ4n) is 2.58. The van der Waals surface area contributed by atoms with E-state index in [0.29, 0.717) is 23.2 Å². The highest BCUT2D eigenvalue weighted by molar-refractivity contribution is 8.00. The Morgan fingerprint density at radius 2 is 1.93 bits per heavy atom. The van der Waals surface area contributed by atoms with Gasteiger partial charge in [0.1, 0.15) is 5.75 Å². The number of carbonyl (C=O) groups excluding carboxylic acids is 1. The molecular weight excluding hydrogens is 374 g/mol. The summed E-state index contributed by atoms with van der Waals surface area (Å²) in [5.41, 5.74) is 2.75. The number of nitrogens with zero attached hydrogens (tertiary/aromatic N) is 4. The van der Waals surface area contributed by atoms with Gasteiger partial charge in [-0.25, -0.2) is 0 Å². The Balaban J connectivity index is 1.70. The standard InChI is InChI=1S/C20H23N5O2S/c1-4-15-10-12-16(13-11-15)25-20(22-23-24-25)28-14(3)19(26)21-17-8-6-7-9-18(17)27-5-2/h6-14H,4-5H2,1-3H3,(H,21,26)/t14-/m1/s1. The number of rotatable bonds is 8. The number of carbonyl (C=O) groups is 1. The molecule has 0 fully saturated rings. The summed E-state index contributed by atoms with van der Waals surface area (Å²) < 4.78 is 7.20. The summed E-state index contributed by atoms with van der Waals surface area (Å²) in [6.07, 6.45) is 0.970. The lowest BCUT2D eigenvalue weighted by Gasteiger charge is -2.14. The van der Waals surface area contributed by atoms with Crippen molar-refractivity contribution < 1.29 is 9.53 Å². The molecule has 0 unspecified atom stereocenters. The van der Waals surface area contributed by atoms with E-state index in [1.54, 1.807) is 4.68 Å². The molecule has 0 spiro atoms. The van der Waals surface area contributed by atoms with E-state index in [0.717, 1.165) is 12.1 Å². The first-order valence-corrected chi connectivity index (χ1v) is 10.1. The summed E-state index contributed by atoms with van der Waals surface area (Å²) in [5, 5.41) is 15.0. The summed E-state index contributed by atoms with van der Waals surface area (Å²) in [4.78, 5) is 12.7. The molecule has 1 heterocycles. The number of ether oxygens (including phenoxy) is 1. The van der Waals surface area contributed by atoms with Crippen molar-refractivity contribution in [3.05, 3.63) is 54.1 Å². The minimum Gasteiger partial charge on any atom is -0.492 e. The van der Waals surface area contributed by atoms with E-state index in [1.807, 2.05) is 62.4 Å². The molecule has 1 amide bonds. The van der Waals surface area contributed by atoms with Crippen molar-refractivity contribution >= 4 is 23.4 Å². The average molecular weight is 398 g/mol. The number of nitrogens with one attached hydrogen (secondary N) is 1. The molecule has 0 aliphatic rings. The molecule has 0 saturated carbocycles. The van der Waals surface area contributed by atoms with E-state index in [1.165, 1.54) is 17.3 Å². The molecule has 0 bridgehead atoms. The predicted octanol–water partition coefficient (Wildman–Crippen LogP) is 3.74. The Morgan fingerprint density at radius 1 is 1.18 bits per heavy atom. The van der Waals surface area contributed by atoms with Gasteiger partial charge in [0, 0.05) is 0 Å². The van der Waals surface area contributed by atoms with E-state index >= 15 is 0 Å². The largest absolute Gasteiger partial charge is 0.492 e. The third-order valence-corrected chi connectivity index (χ3v) is 5.16. The van der Waals surface area contributed by atoms with Crippen molar-refractivity contribution in [1.82, 2.24) is 20.2 Å². The Morgan fingerprint density at radius 3 is 2.64 bits per heavy atom. The maximum absolute atomic E-state index is 12.7. The summed E-state index contributed by atoms with van der Waals surface area (Å²) in [6.45, 7) is 6.37. The van der Waals surface area contributed by atoms with Gasteiger partial charge in [-0.15, -0.1) is 5.10 Å². The minimum absolute atomic E-state index is 0.145. The van der Waals surface area contributed by atoms with Crippen LogP contribution in [0.1, 0.15) is 26.3 Å². The van der Waals surface area contributed by atoms with Gasteiger partial charge in [0.05, 0.1) is 23.2 Å². The third kappa shape index (κ3) is 4.69. The molecule has 7 nitrogen and oxygen atoms in total. The van der Waals surface area contributed by atoms with Gasteiger partial charge in [-0.2, -0.15) is 4.68 Å². The number of thioether (sulfide) groups is 1. The number of tetrazole rings is 1. The smallest absolute Gasteiger partial charge is 0.237 e. The number of anilines is 1. The maximum atomic E-state index is 12.7. The molecule has 3 aromatic rings. The van der Waals surface area contributed by atoms with Crippen LogP contribution in [0.25, 0.3) is 5.69 Å². The van der Waals surface area contributed by atoms with E-state index in [4.69, 9.17) is 4.74 Å². The van der Waals surface area contributed by atoms with Crippen molar-refractivity contribution in [3.63, 3.8) is 0 Å². The van der Waals surface area contributed by atoms with Gasteiger partial charge in [0.2, 0.25) is 11.1 Å². The number of para-hydroxylation sites is 2. The monoisotopic (exact) mass is 397 g/mol. The van der Waals surface area contributed by atoms with Crippen molar-refractivity contribution in [2.24, 2.45) is 0 Å². The molecule has 1 N–H and O–H groups in total. The summed E-state index contributed by atoms with van der Waals surface area (Å²) in [6, 6.07) is 15.4. The first-order chi connectivity index (χ1) is 13.6. The van der Waals surface area contributed by atoms with Crippen LogP contribution in [0.3, 0.4) is 0 Å². The Labute approximate surface area is 168 Å². The highest BCUT2D eigenvalue weighted by Crippen LogP contribution is 2.27. The second-order valence-corrected chi connectivity index (χ2v) is 7.38. The zero-order chi connectivity index (χ0) is 19.9. The quantitative estimate of drug-likeness (QED) is 0.583. The molecule has 146 valence electrons. The van der Waals surface area contributed by atoms with Crippen molar-refractivity contribution in [1.29, 1.82) is 0 Å². The van der Waals surface area contributed by atoms with Crippen LogP contribution in [0.4, 0.5) is 5.69 Å². The van der Waals surface area contributed by atoms with E-state index in [2.05, 4.69) is 27.8 Å². The lowest BCUT2D eigenvalue weighted by atomic mass is 10.1. The van der Waals surface area contributed by atoms with Crippen LogP contribution in [0, 0.1) is 0 Å². The van der Waals surface area contributed by atoms with Gasteiger partial charge < -0.3 is 10.1 Å². The second kappa shape index (κ2) is 9.36. The fraction of sp³-hybridized carbons (Fsp3) is 0.300.